The van der Waals surface area contributed by atoms with E-state index >= 15 is 0 Å². The SMILES string of the molecule is CCOc1ccc(N2C(=O)C(C)CS2(=O)=O)cc1S(=O)(=O)NCCc1cccc(OC)c1. The van der Waals surface area contributed by atoms with Gasteiger partial charge in [-0.3, -0.25) is 4.79 Å². The molecule has 11 heteroatoms. The van der Waals surface area contributed by atoms with E-state index in [1.165, 1.54) is 19.1 Å². The van der Waals surface area contributed by atoms with Crippen LogP contribution in [0.2, 0.25) is 0 Å². The van der Waals surface area contributed by atoms with Crippen LogP contribution in [0.1, 0.15) is 19.4 Å². The average molecular weight is 483 g/mol. The second-order valence-corrected chi connectivity index (χ2v) is 10.9. The molecule has 1 saturated heterocycles. The first-order valence-corrected chi connectivity index (χ1v) is 13.1. The monoisotopic (exact) mass is 482 g/mol. The number of carbonyl (C=O) groups is 1. The lowest BCUT2D eigenvalue weighted by Gasteiger charge is -2.18. The first kappa shape index (κ1) is 24.0. The van der Waals surface area contributed by atoms with Gasteiger partial charge in [0.25, 0.3) is 0 Å². The van der Waals surface area contributed by atoms with Crippen LogP contribution < -0.4 is 18.5 Å². The largest absolute Gasteiger partial charge is 0.497 e. The van der Waals surface area contributed by atoms with Crippen molar-refractivity contribution in [1.29, 1.82) is 0 Å². The maximum atomic E-state index is 13.0. The quantitative estimate of drug-likeness (QED) is 0.580. The van der Waals surface area contributed by atoms with Gasteiger partial charge in [0.05, 0.1) is 31.1 Å². The molecule has 1 aliphatic heterocycles. The Hall–Kier alpha value is -2.63. The van der Waals surface area contributed by atoms with E-state index in [0.29, 0.717) is 16.5 Å². The molecule has 3 rings (SSSR count). The third-order valence-corrected chi connectivity index (χ3v) is 8.30. The molecule has 2 aromatic rings. The molecule has 1 fully saturated rings. The van der Waals surface area contributed by atoms with Gasteiger partial charge in [0.15, 0.2) is 0 Å². The lowest BCUT2D eigenvalue weighted by molar-refractivity contribution is -0.119. The number of hydrogen-bond acceptors (Lipinski definition) is 7. The number of benzene rings is 2. The van der Waals surface area contributed by atoms with Gasteiger partial charge in [-0.25, -0.2) is 25.9 Å². The zero-order valence-corrected chi connectivity index (χ0v) is 19.7. The predicted octanol–water partition coefficient (Wildman–Crippen LogP) is 1.93. The Bertz CT molecular complexity index is 1210. The molecule has 1 unspecified atom stereocenters. The Morgan fingerprint density at radius 1 is 1.19 bits per heavy atom. The molecule has 0 aliphatic carbocycles. The normalized spacial score (nSPS) is 18.0. The summed E-state index contributed by atoms with van der Waals surface area (Å²) in [4.78, 5) is 12.2. The van der Waals surface area contributed by atoms with Gasteiger partial charge in [0.1, 0.15) is 16.4 Å². The molecule has 1 aliphatic rings. The molecule has 0 radical (unpaired) electrons. The minimum atomic E-state index is -4.06. The summed E-state index contributed by atoms with van der Waals surface area (Å²) < 4.78 is 64.8. The van der Waals surface area contributed by atoms with Gasteiger partial charge in [-0.1, -0.05) is 19.1 Å². The number of amides is 1. The lowest BCUT2D eigenvalue weighted by Crippen LogP contribution is -2.31. The van der Waals surface area contributed by atoms with Crippen molar-refractivity contribution in [3.05, 3.63) is 48.0 Å². The minimum absolute atomic E-state index is 0.0315. The van der Waals surface area contributed by atoms with Crippen LogP contribution in [0, 0.1) is 5.92 Å². The van der Waals surface area contributed by atoms with Gasteiger partial charge < -0.3 is 9.47 Å². The Morgan fingerprint density at radius 2 is 1.94 bits per heavy atom. The van der Waals surface area contributed by atoms with Gasteiger partial charge >= 0.3 is 0 Å². The van der Waals surface area contributed by atoms with Gasteiger partial charge in [-0.05, 0) is 49.2 Å². The highest BCUT2D eigenvalue weighted by Gasteiger charge is 2.42. The maximum absolute atomic E-state index is 13.0. The number of sulfonamides is 2. The minimum Gasteiger partial charge on any atom is -0.497 e. The summed E-state index contributed by atoms with van der Waals surface area (Å²) in [5.74, 6) is -0.874. The maximum Gasteiger partial charge on any atom is 0.244 e. The third-order valence-electron chi connectivity index (χ3n) is 4.95. The summed E-state index contributed by atoms with van der Waals surface area (Å²) in [6.07, 6.45) is 0.413. The number of carbonyl (C=O) groups excluding carboxylic acids is 1. The second kappa shape index (κ2) is 9.47. The van der Waals surface area contributed by atoms with Crippen molar-refractivity contribution in [3.8, 4) is 11.5 Å². The molecule has 1 N–H and O–H groups in total. The van der Waals surface area contributed by atoms with Crippen molar-refractivity contribution >= 4 is 31.6 Å². The molecule has 0 spiro atoms. The van der Waals surface area contributed by atoms with Crippen LogP contribution in [0.5, 0.6) is 11.5 Å². The van der Waals surface area contributed by atoms with Crippen molar-refractivity contribution in [2.75, 3.05) is 30.3 Å². The first-order valence-electron chi connectivity index (χ1n) is 10.1. The molecule has 0 saturated carbocycles. The fourth-order valence-electron chi connectivity index (χ4n) is 3.43. The van der Waals surface area contributed by atoms with E-state index in [2.05, 4.69) is 4.72 Å². The summed E-state index contributed by atoms with van der Waals surface area (Å²) in [5, 5.41) is 0. The Morgan fingerprint density at radius 3 is 2.56 bits per heavy atom. The summed E-state index contributed by atoms with van der Waals surface area (Å²) in [6, 6.07) is 11.2. The van der Waals surface area contributed by atoms with Crippen LogP contribution in [-0.2, 0) is 31.3 Å². The summed E-state index contributed by atoms with van der Waals surface area (Å²) in [5.41, 5.74) is 0.851. The van der Waals surface area contributed by atoms with Crippen molar-refractivity contribution in [1.82, 2.24) is 4.72 Å². The van der Waals surface area contributed by atoms with E-state index in [4.69, 9.17) is 9.47 Å². The van der Waals surface area contributed by atoms with E-state index in [-0.39, 0.29) is 35.2 Å². The van der Waals surface area contributed by atoms with Gasteiger partial charge in [0.2, 0.25) is 26.0 Å². The van der Waals surface area contributed by atoms with E-state index in [9.17, 15) is 21.6 Å². The molecule has 2 aromatic carbocycles. The Labute approximate surface area is 188 Å². The van der Waals surface area contributed by atoms with Crippen LogP contribution >= 0.6 is 0 Å². The molecule has 32 heavy (non-hydrogen) atoms. The second-order valence-electron chi connectivity index (χ2n) is 7.35. The fourth-order valence-corrected chi connectivity index (χ4v) is 6.44. The van der Waals surface area contributed by atoms with Gasteiger partial charge in [0, 0.05) is 6.54 Å². The number of methoxy groups -OCH3 is 1. The number of rotatable bonds is 9. The van der Waals surface area contributed by atoms with Crippen LogP contribution in [0.15, 0.2) is 47.4 Å². The first-order chi connectivity index (χ1) is 15.1. The average Bonchev–Trinajstić information content (AvgIpc) is 2.95. The lowest BCUT2D eigenvalue weighted by atomic mass is 10.1. The predicted molar refractivity (Wildman–Crippen MR) is 120 cm³/mol. The highest BCUT2D eigenvalue weighted by atomic mass is 32.2. The van der Waals surface area contributed by atoms with Crippen molar-refractivity contribution < 1.29 is 31.1 Å². The summed E-state index contributed by atoms with van der Waals surface area (Å²) in [6.45, 7) is 3.54. The van der Waals surface area contributed by atoms with Crippen LogP contribution in [-0.4, -0.2) is 48.8 Å². The van der Waals surface area contributed by atoms with Gasteiger partial charge in [-0.2, -0.15) is 0 Å². The number of ether oxygens (including phenoxy) is 2. The highest BCUT2D eigenvalue weighted by molar-refractivity contribution is 7.94. The molecule has 1 atom stereocenters. The number of nitrogens with one attached hydrogen (secondary N) is 1. The molecule has 1 amide bonds. The van der Waals surface area contributed by atoms with Gasteiger partial charge in [-0.15, -0.1) is 0 Å². The molecule has 0 bridgehead atoms. The standard InChI is InChI=1S/C21H26N2O7S2/c1-4-30-19-9-8-17(23-21(24)15(2)14-31(23,25)26)13-20(19)32(27,28)22-11-10-16-6-5-7-18(12-16)29-3/h5-9,12-13,15,22H,4,10-11,14H2,1-3H3. The number of anilines is 1. The van der Waals surface area contributed by atoms with Crippen molar-refractivity contribution in [3.63, 3.8) is 0 Å². The smallest absolute Gasteiger partial charge is 0.244 e. The number of nitrogens with zero attached hydrogens (tertiary/aromatic N) is 1. The van der Waals surface area contributed by atoms with Crippen molar-refractivity contribution in [2.45, 2.75) is 25.2 Å². The van der Waals surface area contributed by atoms with E-state index in [1.807, 2.05) is 18.2 Å². The zero-order chi connectivity index (χ0) is 23.5. The molecule has 1 heterocycles. The Kier molecular flexibility index (Phi) is 7.11. The zero-order valence-electron chi connectivity index (χ0n) is 18.1. The van der Waals surface area contributed by atoms with E-state index in [1.54, 1.807) is 20.1 Å². The fraction of sp³-hybridized carbons (Fsp3) is 0.381. The number of hydrogen-bond donors (Lipinski definition) is 1. The third kappa shape index (κ3) is 5.05. The van der Waals surface area contributed by atoms with Crippen LogP contribution in [0.25, 0.3) is 0 Å². The summed E-state index contributed by atoms with van der Waals surface area (Å²) >= 11 is 0. The van der Waals surface area contributed by atoms with E-state index < -0.39 is 31.9 Å². The molecule has 0 aromatic heterocycles. The summed E-state index contributed by atoms with van der Waals surface area (Å²) in [7, 11) is -6.38. The van der Waals surface area contributed by atoms with Crippen LogP contribution in [0.3, 0.4) is 0 Å². The molecular formula is C21H26N2O7S2. The van der Waals surface area contributed by atoms with Crippen LogP contribution in [0.4, 0.5) is 5.69 Å². The molecule has 9 nitrogen and oxygen atoms in total. The Balaban J connectivity index is 1.88. The molecular weight excluding hydrogens is 456 g/mol. The van der Waals surface area contributed by atoms with Crippen molar-refractivity contribution in [2.24, 2.45) is 5.92 Å². The topological polar surface area (TPSA) is 119 Å². The van der Waals surface area contributed by atoms with E-state index in [0.717, 1.165) is 11.6 Å². The highest BCUT2D eigenvalue weighted by Crippen LogP contribution is 2.34. The molecule has 174 valence electrons.